The largest absolute Gasteiger partial charge is 0.494 e. The first kappa shape index (κ1) is 21.3. The Hall–Kier alpha value is -2.44. The van der Waals surface area contributed by atoms with Crippen LogP contribution in [0.2, 0.25) is 0 Å². The van der Waals surface area contributed by atoms with E-state index >= 15 is 0 Å². The van der Waals surface area contributed by atoms with E-state index in [-0.39, 0.29) is 0 Å². The highest BCUT2D eigenvalue weighted by Gasteiger charge is 2.28. The Kier molecular flexibility index (Phi) is 8.02. The summed E-state index contributed by atoms with van der Waals surface area (Å²) in [7, 11) is 0. The Balaban J connectivity index is 1.67. The summed E-state index contributed by atoms with van der Waals surface area (Å²) < 4.78 is 12.6. The van der Waals surface area contributed by atoms with Crippen molar-refractivity contribution in [1.82, 2.24) is 10.6 Å². The topological polar surface area (TPSA) is 62.6 Å². The maximum atomic E-state index is 12.6. The second-order valence-corrected chi connectivity index (χ2v) is 7.13. The fraction of sp³-hybridized carbons (Fsp3) is 0.478. The first-order chi connectivity index (χ1) is 14.2. The highest BCUT2D eigenvalue weighted by molar-refractivity contribution is 5.68. The summed E-state index contributed by atoms with van der Waals surface area (Å²) in [6.45, 7) is 9.30. The van der Waals surface area contributed by atoms with Crippen molar-refractivity contribution in [2.45, 2.75) is 33.1 Å². The van der Waals surface area contributed by atoms with Gasteiger partial charge in [0.05, 0.1) is 29.3 Å². The zero-order valence-corrected chi connectivity index (χ0v) is 17.5. The lowest BCUT2D eigenvalue weighted by atomic mass is 9.97. The van der Waals surface area contributed by atoms with E-state index in [4.69, 9.17) is 9.47 Å². The number of ether oxygens (including phenoxy) is 2. The number of nitroso groups, excluding NO2 is 1. The third-order valence-corrected chi connectivity index (χ3v) is 4.97. The normalized spacial score (nSPS) is 15.1. The van der Waals surface area contributed by atoms with Gasteiger partial charge in [0.1, 0.15) is 11.5 Å². The molecule has 156 valence electrons. The van der Waals surface area contributed by atoms with Crippen molar-refractivity contribution in [3.05, 3.63) is 57.2 Å². The molecule has 0 saturated heterocycles. The van der Waals surface area contributed by atoms with E-state index in [1.165, 1.54) is 0 Å². The zero-order chi connectivity index (χ0) is 20.5. The van der Waals surface area contributed by atoms with E-state index in [1.807, 2.05) is 18.2 Å². The molecule has 3 rings (SSSR count). The van der Waals surface area contributed by atoms with Crippen LogP contribution in [0.1, 0.15) is 33.1 Å². The Morgan fingerprint density at radius 3 is 2.48 bits per heavy atom. The molecule has 1 aliphatic heterocycles. The van der Waals surface area contributed by atoms with Crippen molar-refractivity contribution >= 4 is 11.8 Å². The van der Waals surface area contributed by atoms with Crippen LogP contribution in [0.4, 0.5) is 0 Å². The summed E-state index contributed by atoms with van der Waals surface area (Å²) in [5, 5.41) is 8.55. The quantitative estimate of drug-likeness (QED) is 0.416. The minimum atomic E-state index is 0.644. The monoisotopic (exact) mass is 398 g/mol. The molecule has 0 atom stereocenters. The highest BCUT2D eigenvalue weighted by Crippen LogP contribution is 2.26. The van der Waals surface area contributed by atoms with Crippen molar-refractivity contribution in [3.63, 3.8) is 0 Å². The first-order valence-electron chi connectivity index (χ1n) is 10.6. The first-order valence-corrected chi connectivity index (χ1v) is 10.6. The van der Waals surface area contributed by atoms with Crippen molar-refractivity contribution in [2.24, 2.45) is 0 Å². The fourth-order valence-corrected chi connectivity index (χ4v) is 3.47. The highest BCUT2D eigenvalue weighted by atomic mass is 16.5. The van der Waals surface area contributed by atoms with Crippen LogP contribution in [0.3, 0.4) is 0 Å². The number of hydrogen-bond donors (Lipinski definition) is 2. The third kappa shape index (κ3) is 5.78. The van der Waals surface area contributed by atoms with E-state index in [9.17, 15) is 4.91 Å². The standard InChI is InChI=1S/C23H32N3O3/c1-3-24-11-5-13-28-19-7-9-21-18(15-19)17-26(27)23-16-20(8-10-22(21)23)29-14-6-12-25-4-2/h7-9,15-17,24-25H,3-6,10-14H2,1-2H3/q+1. The molecule has 0 saturated carbocycles. The summed E-state index contributed by atoms with van der Waals surface area (Å²) in [4.78, 5) is 12.6. The molecule has 0 amide bonds. The molecule has 2 N–H and O–H groups in total. The van der Waals surface area contributed by atoms with Crippen LogP contribution in [0.15, 0.2) is 41.8 Å². The molecule has 0 unspecified atom stereocenters. The Morgan fingerprint density at radius 1 is 1.03 bits per heavy atom. The number of rotatable bonds is 12. The van der Waals surface area contributed by atoms with Crippen molar-refractivity contribution in [1.29, 1.82) is 0 Å². The zero-order valence-electron chi connectivity index (χ0n) is 17.5. The predicted molar refractivity (Wildman–Crippen MR) is 116 cm³/mol. The molecule has 1 aromatic rings. The van der Waals surface area contributed by atoms with Gasteiger partial charge in [-0.1, -0.05) is 13.8 Å². The van der Waals surface area contributed by atoms with Gasteiger partial charge in [0, 0.05) is 16.9 Å². The number of hydrogen-bond acceptors (Lipinski definition) is 5. The Bertz CT molecular complexity index is 902. The van der Waals surface area contributed by atoms with Gasteiger partial charge in [0.25, 0.3) is 5.70 Å². The second-order valence-electron chi connectivity index (χ2n) is 7.13. The number of nitrogens with zero attached hydrogens (tertiary/aromatic N) is 1. The lowest BCUT2D eigenvalue weighted by molar-refractivity contribution is -0.380. The Labute approximate surface area is 172 Å². The summed E-state index contributed by atoms with van der Waals surface area (Å²) in [6, 6.07) is 5.99. The van der Waals surface area contributed by atoms with Gasteiger partial charge < -0.3 is 20.1 Å². The van der Waals surface area contributed by atoms with Crippen LogP contribution in [0.25, 0.3) is 11.8 Å². The van der Waals surface area contributed by atoms with E-state index in [0.29, 0.717) is 25.3 Å². The van der Waals surface area contributed by atoms with Crippen molar-refractivity contribution in [3.8, 4) is 5.75 Å². The molecule has 0 aromatic heterocycles. The SMILES string of the molecule is CCNCCCOC1=CCC2=c3ccc(OCCCNCC)cc3=C[N+](=O)C2=C1. The van der Waals surface area contributed by atoms with Gasteiger partial charge in [0.2, 0.25) is 6.20 Å². The molecule has 1 heterocycles. The van der Waals surface area contributed by atoms with Crippen molar-refractivity contribution in [2.75, 3.05) is 39.4 Å². The smallest absolute Gasteiger partial charge is 0.270 e. The number of fused-ring (bicyclic) bond motifs is 2. The second kappa shape index (κ2) is 10.9. The van der Waals surface area contributed by atoms with Crippen LogP contribution >= 0.6 is 0 Å². The molecule has 2 aliphatic rings. The summed E-state index contributed by atoms with van der Waals surface area (Å²) >= 11 is 0. The van der Waals surface area contributed by atoms with Crippen LogP contribution in [-0.4, -0.2) is 44.2 Å². The number of allylic oxidation sites excluding steroid dienone is 3. The van der Waals surface area contributed by atoms with Gasteiger partial charge in [-0.15, -0.1) is 0 Å². The average Bonchev–Trinajstić information content (AvgIpc) is 2.73. The molecule has 0 radical (unpaired) electrons. The number of nitrogens with one attached hydrogen (secondary N) is 2. The van der Waals surface area contributed by atoms with E-state index < -0.39 is 0 Å². The fourth-order valence-electron chi connectivity index (χ4n) is 3.47. The number of benzene rings is 1. The predicted octanol–water partition coefficient (Wildman–Crippen LogP) is 1.93. The minimum absolute atomic E-state index is 0.644. The molecule has 1 aromatic carbocycles. The summed E-state index contributed by atoms with van der Waals surface area (Å²) in [6.07, 6.45) is 8.12. The van der Waals surface area contributed by atoms with Gasteiger partial charge in [-0.05, 0) is 68.5 Å². The van der Waals surface area contributed by atoms with E-state index in [0.717, 1.165) is 71.3 Å². The van der Waals surface area contributed by atoms with E-state index in [1.54, 1.807) is 6.20 Å². The molecule has 0 fully saturated rings. The molecule has 6 heteroatoms. The summed E-state index contributed by atoms with van der Waals surface area (Å²) in [5.41, 5.74) is 1.71. The van der Waals surface area contributed by atoms with Crippen LogP contribution < -0.4 is 25.8 Å². The molecule has 0 spiro atoms. The van der Waals surface area contributed by atoms with Gasteiger partial charge in [-0.2, -0.15) is 0 Å². The molecular formula is C23H32N3O3+. The molecular weight excluding hydrogens is 366 g/mol. The lowest BCUT2D eigenvalue weighted by Gasteiger charge is -2.15. The van der Waals surface area contributed by atoms with Crippen LogP contribution in [0, 0.1) is 4.91 Å². The molecule has 1 aliphatic carbocycles. The van der Waals surface area contributed by atoms with Gasteiger partial charge in [-0.3, -0.25) is 0 Å². The molecule has 0 bridgehead atoms. The third-order valence-electron chi connectivity index (χ3n) is 4.97. The average molecular weight is 399 g/mol. The van der Waals surface area contributed by atoms with E-state index in [2.05, 4.69) is 36.6 Å². The maximum absolute atomic E-state index is 12.6. The minimum Gasteiger partial charge on any atom is -0.494 e. The van der Waals surface area contributed by atoms with Crippen molar-refractivity contribution < 1.29 is 14.2 Å². The molecule has 6 nitrogen and oxygen atoms in total. The Morgan fingerprint density at radius 2 is 1.76 bits per heavy atom. The van der Waals surface area contributed by atoms with Crippen LogP contribution in [0.5, 0.6) is 5.75 Å². The van der Waals surface area contributed by atoms with Gasteiger partial charge in [0.15, 0.2) is 0 Å². The van der Waals surface area contributed by atoms with Gasteiger partial charge in [-0.25, -0.2) is 0 Å². The van der Waals surface area contributed by atoms with Gasteiger partial charge >= 0.3 is 0 Å². The molecule has 29 heavy (non-hydrogen) atoms. The maximum Gasteiger partial charge on any atom is 0.270 e. The lowest BCUT2D eigenvalue weighted by Crippen LogP contribution is -2.34. The summed E-state index contributed by atoms with van der Waals surface area (Å²) in [5.74, 6) is 1.58. The van der Waals surface area contributed by atoms with Crippen LogP contribution in [-0.2, 0) is 4.74 Å².